The molecule has 3 saturated carbocycles. The average Bonchev–Trinajstić information content (AvgIpc) is 3.80. The van der Waals surface area contributed by atoms with Crippen molar-refractivity contribution in [2.24, 2.45) is 22.7 Å². The van der Waals surface area contributed by atoms with Gasteiger partial charge in [-0.25, -0.2) is 0 Å². The van der Waals surface area contributed by atoms with Crippen molar-refractivity contribution in [2.45, 2.75) is 108 Å². The molecule has 0 aromatic heterocycles. The summed E-state index contributed by atoms with van der Waals surface area (Å²) >= 11 is 0. The summed E-state index contributed by atoms with van der Waals surface area (Å²) in [7, 11) is 1.73. The number of rotatable bonds is 10. The van der Waals surface area contributed by atoms with Gasteiger partial charge in [0.05, 0.1) is 25.9 Å². The first-order chi connectivity index (χ1) is 21.3. The number of fused-ring (bicyclic) bond motifs is 5. The topological polar surface area (TPSA) is 54.4 Å². The Hall–Kier alpha value is -1.44. The molecule has 2 heterocycles. The predicted octanol–water partition coefficient (Wildman–Crippen LogP) is 6.78. The third-order valence-corrected chi connectivity index (χ3v) is 13.8. The molecule has 244 valence electrons. The monoisotopic (exact) mass is 606 g/mol. The molecule has 2 aliphatic heterocycles. The lowest BCUT2D eigenvalue weighted by Gasteiger charge is -2.65. The number of hydrogen-bond acceptors (Lipinski definition) is 6. The molecule has 5 fully saturated rings. The Morgan fingerprint density at radius 1 is 0.795 bits per heavy atom. The zero-order valence-electron chi connectivity index (χ0n) is 27.8. The zero-order chi connectivity index (χ0) is 30.4. The lowest BCUT2D eigenvalue weighted by atomic mass is 9.44. The van der Waals surface area contributed by atoms with Gasteiger partial charge >= 0.3 is 0 Å². The van der Waals surface area contributed by atoms with Crippen LogP contribution in [0.15, 0.2) is 35.9 Å². The lowest BCUT2D eigenvalue weighted by Crippen LogP contribution is -2.66. The molecule has 6 atom stereocenters. The number of benzene rings is 1. The number of ether oxygens (including phenoxy) is 3. The van der Waals surface area contributed by atoms with Crippen molar-refractivity contribution < 1.29 is 19.3 Å². The molecule has 4 aliphatic carbocycles. The van der Waals surface area contributed by atoms with E-state index in [1.807, 2.05) is 0 Å². The van der Waals surface area contributed by atoms with Crippen molar-refractivity contribution >= 4 is 0 Å². The highest BCUT2D eigenvalue weighted by Crippen LogP contribution is 2.71. The first-order valence-corrected chi connectivity index (χ1v) is 18.1. The van der Waals surface area contributed by atoms with Crippen LogP contribution in [-0.4, -0.2) is 85.9 Å². The number of allylic oxidation sites excluding steroid dienone is 1. The van der Waals surface area contributed by atoms with E-state index < -0.39 is 11.4 Å². The van der Waals surface area contributed by atoms with Gasteiger partial charge in [-0.3, -0.25) is 0 Å². The molecule has 0 radical (unpaired) electrons. The molecule has 6 nitrogen and oxygen atoms in total. The highest BCUT2D eigenvalue weighted by molar-refractivity contribution is 5.36. The van der Waals surface area contributed by atoms with E-state index >= 15 is 0 Å². The minimum Gasteiger partial charge on any atom is -0.497 e. The highest BCUT2D eigenvalue weighted by atomic mass is 16.7. The van der Waals surface area contributed by atoms with Gasteiger partial charge in [0, 0.05) is 30.3 Å². The molecule has 7 rings (SSSR count). The number of hydrogen-bond donors (Lipinski definition) is 1. The summed E-state index contributed by atoms with van der Waals surface area (Å²) in [6, 6.07) is 8.67. The van der Waals surface area contributed by atoms with Crippen LogP contribution in [0.25, 0.3) is 0 Å². The first kappa shape index (κ1) is 31.2. The van der Waals surface area contributed by atoms with Gasteiger partial charge in [-0.2, -0.15) is 0 Å². The van der Waals surface area contributed by atoms with Crippen LogP contribution in [0.1, 0.15) is 102 Å². The van der Waals surface area contributed by atoms with Gasteiger partial charge in [-0.05, 0) is 132 Å². The molecule has 0 unspecified atom stereocenters. The van der Waals surface area contributed by atoms with Crippen LogP contribution >= 0.6 is 0 Å². The van der Waals surface area contributed by atoms with E-state index in [0.717, 1.165) is 83.4 Å². The van der Waals surface area contributed by atoms with Crippen LogP contribution in [0.3, 0.4) is 0 Å². The van der Waals surface area contributed by atoms with Crippen molar-refractivity contribution in [3.8, 4) is 5.75 Å². The minimum atomic E-state index is -0.677. The minimum absolute atomic E-state index is 0.134. The van der Waals surface area contributed by atoms with E-state index in [2.05, 4.69) is 54.0 Å². The summed E-state index contributed by atoms with van der Waals surface area (Å²) in [6.45, 7) is 13.1. The van der Waals surface area contributed by atoms with Gasteiger partial charge < -0.3 is 29.1 Å². The van der Waals surface area contributed by atoms with Gasteiger partial charge in [-0.1, -0.05) is 37.6 Å². The lowest BCUT2D eigenvalue weighted by molar-refractivity contribution is -0.324. The molecule has 0 amide bonds. The second kappa shape index (κ2) is 12.3. The van der Waals surface area contributed by atoms with Gasteiger partial charge in [0.1, 0.15) is 5.75 Å². The fourth-order valence-electron chi connectivity index (χ4n) is 11.3. The van der Waals surface area contributed by atoms with E-state index in [1.165, 1.54) is 57.4 Å². The van der Waals surface area contributed by atoms with Crippen LogP contribution in [0.4, 0.5) is 0 Å². The Kier molecular flexibility index (Phi) is 8.71. The van der Waals surface area contributed by atoms with Gasteiger partial charge in [0.15, 0.2) is 5.79 Å². The molecule has 44 heavy (non-hydrogen) atoms. The van der Waals surface area contributed by atoms with Crippen molar-refractivity contribution in [3.05, 3.63) is 41.5 Å². The van der Waals surface area contributed by atoms with Crippen LogP contribution in [0.2, 0.25) is 0 Å². The summed E-state index contributed by atoms with van der Waals surface area (Å²) in [5.41, 5.74) is 1.87. The summed E-state index contributed by atoms with van der Waals surface area (Å²) in [4.78, 5) is 5.13. The van der Waals surface area contributed by atoms with E-state index in [1.54, 1.807) is 12.7 Å². The Labute approximate surface area is 266 Å². The van der Waals surface area contributed by atoms with Gasteiger partial charge in [0.25, 0.3) is 0 Å². The summed E-state index contributed by atoms with van der Waals surface area (Å²) < 4.78 is 19.8. The Balaban J connectivity index is 1.18. The van der Waals surface area contributed by atoms with E-state index in [4.69, 9.17) is 14.2 Å². The molecule has 2 saturated heterocycles. The van der Waals surface area contributed by atoms with Gasteiger partial charge in [0.2, 0.25) is 0 Å². The second-order valence-corrected chi connectivity index (χ2v) is 15.5. The molecule has 0 bridgehead atoms. The maximum atomic E-state index is 13.0. The van der Waals surface area contributed by atoms with Crippen LogP contribution in [0, 0.1) is 22.7 Å². The SMILES string of the molecule is COc1ccc([C@@H]2CC[C@]3(O)[C@@H]4CCC5=CCCC(OCCN6CCCC6)(OCCN6CCCC6)[C@]5(C)[C@H]4CC[C@]23C)cc1. The normalized spacial score (nSPS) is 38.6. The summed E-state index contributed by atoms with van der Waals surface area (Å²) in [5.74, 6) is 1.26. The third-order valence-electron chi connectivity index (χ3n) is 13.8. The van der Waals surface area contributed by atoms with E-state index in [9.17, 15) is 5.11 Å². The average molecular weight is 607 g/mol. The van der Waals surface area contributed by atoms with E-state index in [-0.39, 0.29) is 16.7 Å². The van der Waals surface area contributed by atoms with Gasteiger partial charge in [-0.15, -0.1) is 0 Å². The summed E-state index contributed by atoms with van der Waals surface area (Å²) in [5, 5.41) is 13.0. The fraction of sp³-hybridized carbons (Fsp3) is 0.789. The number of nitrogens with zero attached hydrogens (tertiary/aromatic N) is 2. The maximum absolute atomic E-state index is 13.0. The smallest absolute Gasteiger partial charge is 0.177 e. The quantitative estimate of drug-likeness (QED) is 0.234. The Morgan fingerprint density at radius 2 is 1.43 bits per heavy atom. The molecule has 6 aliphatic rings. The molecule has 0 spiro atoms. The number of methoxy groups -OCH3 is 1. The first-order valence-electron chi connectivity index (χ1n) is 18.1. The van der Waals surface area contributed by atoms with E-state index in [0.29, 0.717) is 11.8 Å². The van der Waals surface area contributed by atoms with Crippen molar-refractivity contribution in [1.82, 2.24) is 9.80 Å². The standard InChI is InChI=1S/C38H58N2O4/c1-35-19-16-33-34(37(35,41)20-17-32(35)29-10-13-31(42-3)14-11-29)15-12-30-9-8-18-38(36(30,33)2,43-27-25-39-21-4-5-22-39)44-28-26-40-23-6-7-24-40/h9-11,13-14,32-34,41H,4-8,12,15-28H2,1-3H3/t32-,33-,34+,35+,36-,37-/m0/s1. The molecule has 1 aromatic carbocycles. The zero-order valence-corrected chi connectivity index (χ0v) is 27.8. The van der Waals surface area contributed by atoms with Crippen LogP contribution in [-0.2, 0) is 9.47 Å². The number of likely N-dealkylation sites (tertiary alicyclic amines) is 2. The van der Waals surface area contributed by atoms with Crippen molar-refractivity contribution in [2.75, 3.05) is 59.6 Å². The largest absolute Gasteiger partial charge is 0.497 e. The highest BCUT2D eigenvalue weighted by Gasteiger charge is 2.70. The van der Waals surface area contributed by atoms with Crippen LogP contribution in [0.5, 0.6) is 5.75 Å². The molecule has 1 N–H and O–H groups in total. The van der Waals surface area contributed by atoms with Crippen LogP contribution < -0.4 is 4.74 Å². The molecular weight excluding hydrogens is 548 g/mol. The van der Waals surface area contributed by atoms with Crippen molar-refractivity contribution in [1.29, 1.82) is 0 Å². The molecule has 6 heteroatoms. The Morgan fingerprint density at radius 3 is 2.05 bits per heavy atom. The van der Waals surface area contributed by atoms with Crippen molar-refractivity contribution in [3.63, 3.8) is 0 Å². The second-order valence-electron chi connectivity index (χ2n) is 15.5. The molecular formula is C38H58N2O4. The summed E-state index contributed by atoms with van der Waals surface area (Å²) in [6.07, 6.45) is 15.9. The molecule has 1 aromatic rings. The Bertz CT molecular complexity index is 1150. The number of aliphatic hydroxyl groups is 1. The fourth-order valence-corrected chi connectivity index (χ4v) is 11.3. The maximum Gasteiger partial charge on any atom is 0.177 e. The predicted molar refractivity (Wildman–Crippen MR) is 175 cm³/mol. The third kappa shape index (κ3) is 5.01.